The second-order valence-corrected chi connectivity index (χ2v) is 4.44. The summed E-state index contributed by atoms with van der Waals surface area (Å²) in [6.45, 7) is 3.11. The van der Waals surface area contributed by atoms with Crippen LogP contribution in [0.3, 0.4) is 0 Å². The lowest BCUT2D eigenvalue weighted by atomic mass is 10.3. The van der Waals surface area contributed by atoms with Crippen LogP contribution in [0.4, 0.5) is 0 Å². The molecular weight excluding hydrogens is 248 g/mol. The molecule has 2 aromatic heterocycles. The van der Waals surface area contributed by atoms with Crippen LogP contribution in [0, 0.1) is 0 Å². The van der Waals surface area contributed by atoms with Crippen LogP contribution in [0.15, 0.2) is 61.2 Å². The largest absolute Gasteiger partial charge is 0.345 e. The van der Waals surface area contributed by atoms with Crippen LogP contribution < -0.4 is 0 Å². The lowest BCUT2D eigenvalue weighted by Gasteiger charge is -1.95. The first-order valence-corrected chi connectivity index (χ1v) is 6.66. The highest BCUT2D eigenvalue weighted by molar-refractivity contribution is 5.75. The van der Waals surface area contributed by atoms with Crippen LogP contribution in [0.25, 0.3) is 22.1 Å². The van der Waals surface area contributed by atoms with Crippen LogP contribution >= 0.6 is 0 Å². The van der Waals surface area contributed by atoms with E-state index in [9.17, 15) is 0 Å². The molecule has 2 heterocycles. The molecule has 0 amide bonds. The van der Waals surface area contributed by atoms with Gasteiger partial charge >= 0.3 is 0 Å². The Morgan fingerprint density at radius 3 is 2.50 bits per heavy atom. The number of fused-ring (bicyclic) bond motifs is 2. The Kier molecular flexibility index (Phi) is 3.46. The summed E-state index contributed by atoms with van der Waals surface area (Å²) in [6.07, 6.45) is 3.58. The third-order valence-electron chi connectivity index (χ3n) is 3.20. The smallest absolute Gasteiger partial charge is 0.0958 e. The van der Waals surface area contributed by atoms with Crippen molar-refractivity contribution in [3.63, 3.8) is 0 Å². The molecule has 0 spiro atoms. The molecule has 0 saturated heterocycles. The van der Waals surface area contributed by atoms with Gasteiger partial charge in [-0.3, -0.25) is 0 Å². The lowest BCUT2D eigenvalue weighted by molar-refractivity contribution is 0.787. The van der Waals surface area contributed by atoms with E-state index in [1.165, 1.54) is 5.52 Å². The molecule has 0 aliphatic carbocycles. The molecule has 1 N–H and O–H groups in total. The molecule has 0 aliphatic rings. The second kappa shape index (κ2) is 5.57. The van der Waals surface area contributed by atoms with Crippen LogP contribution in [0.1, 0.15) is 6.92 Å². The molecule has 20 heavy (non-hydrogen) atoms. The second-order valence-electron chi connectivity index (χ2n) is 4.44. The fourth-order valence-electron chi connectivity index (χ4n) is 2.14. The summed E-state index contributed by atoms with van der Waals surface area (Å²) < 4.78 is 2.13. The van der Waals surface area contributed by atoms with Gasteiger partial charge in [0, 0.05) is 6.54 Å². The Hall–Kier alpha value is -2.62. The van der Waals surface area contributed by atoms with Gasteiger partial charge in [0.25, 0.3) is 0 Å². The maximum Gasteiger partial charge on any atom is 0.0958 e. The van der Waals surface area contributed by atoms with E-state index in [2.05, 4.69) is 32.5 Å². The molecular formula is C16H16N4. The number of imidazole rings is 2. The summed E-state index contributed by atoms with van der Waals surface area (Å²) in [5.74, 6) is 0. The molecule has 100 valence electrons. The molecule has 0 saturated carbocycles. The van der Waals surface area contributed by atoms with Crippen molar-refractivity contribution in [2.24, 2.45) is 0 Å². The number of para-hydroxylation sites is 4. The lowest BCUT2D eigenvalue weighted by Crippen LogP contribution is -1.89. The van der Waals surface area contributed by atoms with Gasteiger partial charge in [0.2, 0.25) is 0 Å². The molecule has 4 rings (SSSR count). The number of nitrogens with zero attached hydrogens (tertiary/aromatic N) is 3. The van der Waals surface area contributed by atoms with Crippen molar-refractivity contribution >= 4 is 22.1 Å². The van der Waals surface area contributed by atoms with Crippen LogP contribution in [-0.2, 0) is 6.54 Å². The van der Waals surface area contributed by atoms with E-state index in [0.717, 1.165) is 23.1 Å². The number of hydrogen-bond donors (Lipinski definition) is 1. The van der Waals surface area contributed by atoms with E-state index in [1.54, 1.807) is 6.33 Å². The van der Waals surface area contributed by atoms with Crippen molar-refractivity contribution in [1.82, 2.24) is 19.5 Å². The third kappa shape index (κ3) is 2.40. The zero-order valence-electron chi connectivity index (χ0n) is 11.3. The van der Waals surface area contributed by atoms with Gasteiger partial charge in [-0.25, -0.2) is 9.97 Å². The average molecular weight is 264 g/mol. The zero-order valence-corrected chi connectivity index (χ0v) is 11.3. The summed E-state index contributed by atoms with van der Waals surface area (Å²) in [5.41, 5.74) is 4.42. The molecule has 4 nitrogen and oxygen atoms in total. The third-order valence-corrected chi connectivity index (χ3v) is 3.20. The number of aromatic amines is 1. The summed E-state index contributed by atoms with van der Waals surface area (Å²) in [7, 11) is 0. The summed E-state index contributed by atoms with van der Waals surface area (Å²) in [5, 5.41) is 0. The molecule has 2 aromatic carbocycles. The Bertz CT molecular complexity index is 783. The number of benzene rings is 2. The predicted octanol–water partition coefficient (Wildman–Crippen LogP) is 3.62. The van der Waals surface area contributed by atoms with Gasteiger partial charge in [-0.2, -0.15) is 0 Å². The van der Waals surface area contributed by atoms with Crippen molar-refractivity contribution in [2.45, 2.75) is 13.5 Å². The monoisotopic (exact) mass is 264 g/mol. The maximum atomic E-state index is 4.25. The molecule has 0 radical (unpaired) electrons. The summed E-state index contributed by atoms with van der Waals surface area (Å²) in [6, 6.07) is 16.1. The normalized spacial score (nSPS) is 10.4. The molecule has 0 unspecified atom stereocenters. The van der Waals surface area contributed by atoms with Gasteiger partial charge < -0.3 is 9.55 Å². The molecule has 0 fully saturated rings. The number of aromatic nitrogens is 4. The van der Waals surface area contributed by atoms with Crippen LogP contribution in [-0.4, -0.2) is 19.5 Å². The van der Waals surface area contributed by atoms with Gasteiger partial charge in [0.1, 0.15) is 0 Å². The predicted molar refractivity (Wildman–Crippen MR) is 81.5 cm³/mol. The van der Waals surface area contributed by atoms with Gasteiger partial charge in [-0.15, -0.1) is 0 Å². The number of rotatable bonds is 1. The van der Waals surface area contributed by atoms with E-state index < -0.39 is 0 Å². The Morgan fingerprint density at radius 1 is 0.950 bits per heavy atom. The molecule has 4 heteroatoms. The van der Waals surface area contributed by atoms with E-state index in [4.69, 9.17) is 0 Å². The SMILES string of the molecule is CCn1cnc2ccccc21.c1ccc2[nH]cnc2c1. The van der Waals surface area contributed by atoms with Crippen LogP contribution in [0.5, 0.6) is 0 Å². The number of aryl methyl sites for hydroxylation is 1. The van der Waals surface area contributed by atoms with Crippen molar-refractivity contribution in [3.05, 3.63) is 61.2 Å². The highest BCUT2D eigenvalue weighted by Gasteiger charge is 1.96. The fourth-order valence-corrected chi connectivity index (χ4v) is 2.14. The van der Waals surface area contributed by atoms with E-state index in [-0.39, 0.29) is 0 Å². The first kappa shape index (κ1) is 12.4. The first-order valence-electron chi connectivity index (χ1n) is 6.66. The number of hydrogen-bond acceptors (Lipinski definition) is 2. The first-order chi connectivity index (χ1) is 9.88. The minimum absolute atomic E-state index is 0.987. The molecule has 4 aromatic rings. The van der Waals surface area contributed by atoms with Crippen molar-refractivity contribution in [3.8, 4) is 0 Å². The molecule has 0 bridgehead atoms. The van der Waals surface area contributed by atoms with E-state index in [1.807, 2.05) is 48.8 Å². The quantitative estimate of drug-likeness (QED) is 0.570. The minimum Gasteiger partial charge on any atom is -0.345 e. The Morgan fingerprint density at radius 2 is 1.70 bits per heavy atom. The topological polar surface area (TPSA) is 46.5 Å². The zero-order chi connectivity index (χ0) is 13.8. The number of H-pyrrole nitrogens is 1. The van der Waals surface area contributed by atoms with Gasteiger partial charge in [0.15, 0.2) is 0 Å². The minimum atomic E-state index is 0.987. The average Bonchev–Trinajstić information content (AvgIpc) is 3.14. The van der Waals surface area contributed by atoms with Gasteiger partial charge in [-0.1, -0.05) is 24.3 Å². The fraction of sp³-hybridized carbons (Fsp3) is 0.125. The van der Waals surface area contributed by atoms with E-state index >= 15 is 0 Å². The molecule has 0 atom stereocenters. The number of nitrogens with one attached hydrogen (secondary N) is 1. The summed E-state index contributed by atoms with van der Waals surface area (Å²) >= 11 is 0. The van der Waals surface area contributed by atoms with E-state index in [0.29, 0.717) is 0 Å². The van der Waals surface area contributed by atoms with Gasteiger partial charge in [-0.05, 0) is 31.2 Å². The Labute approximate surface area is 117 Å². The van der Waals surface area contributed by atoms with Crippen molar-refractivity contribution < 1.29 is 0 Å². The van der Waals surface area contributed by atoms with Gasteiger partial charge in [0.05, 0.1) is 34.7 Å². The maximum absolute atomic E-state index is 4.25. The van der Waals surface area contributed by atoms with Crippen LogP contribution in [0.2, 0.25) is 0 Å². The molecule has 0 aliphatic heterocycles. The van der Waals surface area contributed by atoms with Crippen molar-refractivity contribution in [1.29, 1.82) is 0 Å². The summed E-state index contributed by atoms with van der Waals surface area (Å²) in [4.78, 5) is 11.3. The highest BCUT2D eigenvalue weighted by atomic mass is 15.0. The standard InChI is InChI=1S/C9H10N2.C7H6N2/c1-2-11-7-10-8-5-3-4-6-9(8)11;1-2-4-7-6(3-1)8-5-9-7/h3-7H,2H2,1H3;1-5H,(H,8,9). The Balaban J connectivity index is 0.000000123. The van der Waals surface area contributed by atoms with Crippen molar-refractivity contribution in [2.75, 3.05) is 0 Å². The highest BCUT2D eigenvalue weighted by Crippen LogP contribution is 2.10.